The lowest BCUT2D eigenvalue weighted by molar-refractivity contribution is -0.123. The Morgan fingerprint density at radius 1 is 1.24 bits per heavy atom. The number of hydrogen-bond acceptors (Lipinski definition) is 2. The third-order valence-corrected chi connectivity index (χ3v) is 4.18. The zero-order chi connectivity index (χ0) is 14.9. The van der Waals surface area contributed by atoms with Gasteiger partial charge in [-0.25, -0.2) is 0 Å². The predicted octanol–water partition coefficient (Wildman–Crippen LogP) is 3.05. The van der Waals surface area contributed by atoms with Gasteiger partial charge in [0.05, 0.1) is 5.41 Å². The number of amides is 1. The number of hydrogen-bond donors (Lipinski definition) is 1. The number of nitrogens with one attached hydrogen (secondary N) is 1. The molecule has 3 nitrogen and oxygen atoms in total. The Kier molecular flexibility index (Phi) is 3.50. The van der Waals surface area contributed by atoms with E-state index in [0.29, 0.717) is 6.54 Å². The van der Waals surface area contributed by atoms with Gasteiger partial charge in [-0.2, -0.15) is 0 Å². The monoisotopic (exact) mass is 280 g/mol. The Labute approximate surface area is 125 Å². The highest BCUT2D eigenvalue weighted by atomic mass is 16.2. The van der Waals surface area contributed by atoms with Gasteiger partial charge in [-0.1, -0.05) is 35.9 Å². The maximum absolute atomic E-state index is 12.5. The fourth-order valence-corrected chi connectivity index (χ4v) is 2.67. The van der Waals surface area contributed by atoms with Crippen LogP contribution in [0.25, 0.3) is 0 Å². The number of aromatic nitrogens is 1. The van der Waals surface area contributed by atoms with Crippen LogP contribution >= 0.6 is 0 Å². The zero-order valence-corrected chi connectivity index (χ0v) is 12.5. The van der Waals surface area contributed by atoms with Gasteiger partial charge in [-0.15, -0.1) is 0 Å². The van der Waals surface area contributed by atoms with Crippen LogP contribution in [0.4, 0.5) is 0 Å². The molecule has 1 aliphatic rings. The van der Waals surface area contributed by atoms with Gasteiger partial charge in [-0.05, 0) is 43.9 Å². The minimum absolute atomic E-state index is 0.133. The Morgan fingerprint density at radius 3 is 2.67 bits per heavy atom. The van der Waals surface area contributed by atoms with E-state index < -0.39 is 0 Å². The minimum Gasteiger partial charge on any atom is -0.351 e. The van der Waals surface area contributed by atoms with Crippen molar-refractivity contribution in [3.8, 4) is 0 Å². The SMILES string of the molecule is Cc1cccc(C2(C(=O)NCc3ccc(C)nc3)CC2)c1. The highest BCUT2D eigenvalue weighted by Gasteiger charge is 2.51. The first-order valence-electron chi connectivity index (χ1n) is 7.37. The number of carbonyl (C=O) groups is 1. The van der Waals surface area contributed by atoms with Crippen molar-refractivity contribution < 1.29 is 4.79 Å². The normalized spacial score (nSPS) is 15.5. The molecule has 1 N–H and O–H groups in total. The molecule has 0 saturated heterocycles. The zero-order valence-electron chi connectivity index (χ0n) is 12.5. The molecule has 0 spiro atoms. The van der Waals surface area contributed by atoms with E-state index >= 15 is 0 Å². The summed E-state index contributed by atoms with van der Waals surface area (Å²) in [6.07, 6.45) is 3.70. The number of benzene rings is 1. The van der Waals surface area contributed by atoms with Crippen LogP contribution in [-0.4, -0.2) is 10.9 Å². The van der Waals surface area contributed by atoms with Crippen molar-refractivity contribution >= 4 is 5.91 Å². The number of carbonyl (C=O) groups excluding carboxylic acids is 1. The molecule has 1 aliphatic carbocycles. The van der Waals surface area contributed by atoms with Crippen molar-refractivity contribution in [1.29, 1.82) is 0 Å². The van der Waals surface area contributed by atoms with Crippen molar-refractivity contribution in [3.05, 3.63) is 65.0 Å². The topological polar surface area (TPSA) is 42.0 Å². The van der Waals surface area contributed by atoms with Crippen molar-refractivity contribution in [2.75, 3.05) is 0 Å². The second kappa shape index (κ2) is 5.32. The van der Waals surface area contributed by atoms with Gasteiger partial charge in [0.25, 0.3) is 0 Å². The Balaban J connectivity index is 1.69. The maximum atomic E-state index is 12.5. The highest BCUT2D eigenvalue weighted by molar-refractivity contribution is 5.91. The summed E-state index contributed by atoms with van der Waals surface area (Å²) in [6.45, 7) is 4.56. The van der Waals surface area contributed by atoms with E-state index in [1.807, 2.05) is 31.3 Å². The van der Waals surface area contributed by atoms with Crippen molar-refractivity contribution in [3.63, 3.8) is 0 Å². The van der Waals surface area contributed by atoms with Gasteiger partial charge in [-0.3, -0.25) is 9.78 Å². The fourth-order valence-electron chi connectivity index (χ4n) is 2.67. The van der Waals surface area contributed by atoms with Crippen LogP contribution in [0.3, 0.4) is 0 Å². The van der Waals surface area contributed by atoms with Crippen LogP contribution in [0.1, 0.15) is 35.2 Å². The van der Waals surface area contributed by atoms with E-state index in [2.05, 4.69) is 35.4 Å². The molecule has 1 aromatic heterocycles. The summed E-state index contributed by atoms with van der Waals surface area (Å²) in [5, 5.41) is 3.06. The molecule has 1 saturated carbocycles. The van der Waals surface area contributed by atoms with E-state index in [1.165, 1.54) is 5.56 Å². The summed E-state index contributed by atoms with van der Waals surface area (Å²) in [7, 11) is 0. The van der Waals surface area contributed by atoms with Gasteiger partial charge >= 0.3 is 0 Å². The Hall–Kier alpha value is -2.16. The highest BCUT2D eigenvalue weighted by Crippen LogP contribution is 2.48. The minimum atomic E-state index is -0.301. The lowest BCUT2D eigenvalue weighted by Crippen LogP contribution is -2.34. The molecule has 1 heterocycles. The molecule has 1 fully saturated rings. The summed E-state index contributed by atoms with van der Waals surface area (Å²) in [5.41, 5.74) is 4.07. The first-order chi connectivity index (χ1) is 10.1. The molecule has 0 atom stereocenters. The summed E-state index contributed by atoms with van der Waals surface area (Å²) in [5.74, 6) is 0.133. The number of aryl methyl sites for hydroxylation is 2. The molecule has 1 amide bonds. The van der Waals surface area contributed by atoms with Gasteiger partial charge in [0, 0.05) is 18.4 Å². The van der Waals surface area contributed by atoms with Gasteiger partial charge in [0.15, 0.2) is 0 Å². The maximum Gasteiger partial charge on any atom is 0.230 e. The van der Waals surface area contributed by atoms with Crippen molar-refractivity contribution in [2.45, 2.75) is 38.6 Å². The van der Waals surface area contributed by atoms with Crippen LogP contribution in [-0.2, 0) is 16.8 Å². The van der Waals surface area contributed by atoms with Crippen LogP contribution in [0.5, 0.6) is 0 Å². The lowest BCUT2D eigenvalue weighted by atomic mass is 9.93. The van der Waals surface area contributed by atoms with Gasteiger partial charge in [0.2, 0.25) is 5.91 Å². The molecule has 0 bridgehead atoms. The second-order valence-electron chi connectivity index (χ2n) is 5.94. The first kappa shape index (κ1) is 13.8. The summed E-state index contributed by atoms with van der Waals surface area (Å²) < 4.78 is 0. The Morgan fingerprint density at radius 2 is 2.05 bits per heavy atom. The quantitative estimate of drug-likeness (QED) is 0.935. The molecule has 21 heavy (non-hydrogen) atoms. The number of rotatable bonds is 4. The first-order valence-corrected chi connectivity index (χ1v) is 7.37. The average molecular weight is 280 g/mol. The predicted molar refractivity (Wildman–Crippen MR) is 82.9 cm³/mol. The standard InChI is InChI=1S/C18H20N2O/c1-13-4-3-5-16(10-13)18(8-9-18)17(21)20-12-15-7-6-14(2)19-11-15/h3-7,10-11H,8-9,12H2,1-2H3,(H,20,21). The summed E-state index contributed by atoms with van der Waals surface area (Å²) in [4.78, 5) is 16.8. The lowest BCUT2D eigenvalue weighted by Gasteiger charge is -2.16. The van der Waals surface area contributed by atoms with Crippen LogP contribution < -0.4 is 5.32 Å². The molecule has 0 unspecified atom stereocenters. The fraction of sp³-hybridized carbons (Fsp3) is 0.333. The molecular formula is C18H20N2O. The molecule has 3 heteroatoms. The van der Waals surface area contributed by atoms with Gasteiger partial charge < -0.3 is 5.32 Å². The smallest absolute Gasteiger partial charge is 0.230 e. The molecular weight excluding hydrogens is 260 g/mol. The van der Waals surface area contributed by atoms with E-state index in [9.17, 15) is 4.79 Å². The largest absolute Gasteiger partial charge is 0.351 e. The summed E-state index contributed by atoms with van der Waals surface area (Å²) in [6, 6.07) is 12.3. The molecule has 0 aliphatic heterocycles. The molecule has 3 rings (SSSR count). The summed E-state index contributed by atoms with van der Waals surface area (Å²) >= 11 is 0. The number of pyridine rings is 1. The third kappa shape index (κ3) is 2.82. The third-order valence-electron chi connectivity index (χ3n) is 4.18. The van der Waals surface area contributed by atoms with Gasteiger partial charge in [0.1, 0.15) is 0 Å². The van der Waals surface area contributed by atoms with E-state index in [0.717, 1.165) is 29.7 Å². The van der Waals surface area contributed by atoms with E-state index in [1.54, 1.807) is 0 Å². The van der Waals surface area contributed by atoms with Crippen LogP contribution in [0.15, 0.2) is 42.6 Å². The second-order valence-corrected chi connectivity index (χ2v) is 5.94. The van der Waals surface area contributed by atoms with E-state index in [4.69, 9.17) is 0 Å². The Bertz CT molecular complexity index is 657. The van der Waals surface area contributed by atoms with Crippen molar-refractivity contribution in [2.24, 2.45) is 0 Å². The molecule has 1 aromatic carbocycles. The average Bonchev–Trinajstić information content (AvgIpc) is 3.28. The molecule has 2 aromatic rings. The van der Waals surface area contributed by atoms with Crippen LogP contribution in [0, 0.1) is 13.8 Å². The molecule has 108 valence electrons. The number of nitrogens with zero attached hydrogens (tertiary/aromatic N) is 1. The van der Waals surface area contributed by atoms with Crippen molar-refractivity contribution in [1.82, 2.24) is 10.3 Å². The molecule has 0 radical (unpaired) electrons. The van der Waals surface area contributed by atoms with E-state index in [-0.39, 0.29) is 11.3 Å². The van der Waals surface area contributed by atoms with Crippen LogP contribution in [0.2, 0.25) is 0 Å².